The average Bonchev–Trinajstić information content (AvgIpc) is 2.38. The summed E-state index contributed by atoms with van der Waals surface area (Å²) in [7, 11) is 0. The van der Waals surface area contributed by atoms with E-state index in [-0.39, 0.29) is 11.7 Å². The molecule has 0 saturated carbocycles. The minimum absolute atomic E-state index is 0.0625. The molecule has 2 aromatic carbocycles. The average molecular weight is 300 g/mol. The van der Waals surface area contributed by atoms with Crippen LogP contribution in [0.5, 0.6) is 0 Å². The molecule has 0 aliphatic carbocycles. The molecule has 0 heterocycles. The van der Waals surface area contributed by atoms with Crippen LogP contribution in [0.1, 0.15) is 24.1 Å². The molecular weight excluding hydrogens is 287 g/mol. The lowest BCUT2D eigenvalue weighted by Crippen LogP contribution is -2.13. The van der Waals surface area contributed by atoms with E-state index in [4.69, 9.17) is 11.6 Å². The minimum Gasteiger partial charge on any atom is -0.378 e. The van der Waals surface area contributed by atoms with Crippen LogP contribution in [0.4, 0.5) is 18.9 Å². The Morgan fingerprint density at radius 3 is 2.40 bits per heavy atom. The Labute approximate surface area is 120 Å². The maximum atomic E-state index is 12.9. The van der Waals surface area contributed by atoms with Gasteiger partial charge in [0.2, 0.25) is 0 Å². The van der Waals surface area contributed by atoms with E-state index in [0.29, 0.717) is 5.02 Å². The lowest BCUT2D eigenvalue weighted by Gasteiger charge is -2.19. The first-order valence-electron chi connectivity index (χ1n) is 6.06. The van der Waals surface area contributed by atoms with Crippen molar-refractivity contribution in [3.63, 3.8) is 0 Å². The van der Waals surface area contributed by atoms with Gasteiger partial charge in [0, 0.05) is 16.8 Å². The van der Waals surface area contributed by atoms with Gasteiger partial charge in [-0.3, -0.25) is 0 Å². The maximum Gasteiger partial charge on any atom is 0.418 e. The number of anilines is 1. The van der Waals surface area contributed by atoms with Gasteiger partial charge in [-0.15, -0.1) is 0 Å². The van der Waals surface area contributed by atoms with Gasteiger partial charge in [0.1, 0.15) is 0 Å². The van der Waals surface area contributed by atoms with Crippen molar-refractivity contribution < 1.29 is 13.2 Å². The number of nitrogens with one attached hydrogen (secondary N) is 1. The molecule has 0 fully saturated rings. The van der Waals surface area contributed by atoms with E-state index in [1.54, 1.807) is 31.2 Å². The predicted octanol–water partition coefficient (Wildman–Crippen LogP) is 5.53. The Morgan fingerprint density at radius 2 is 1.75 bits per heavy atom. The molecule has 2 rings (SSSR count). The highest BCUT2D eigenvalue weighted by Crippen LogP contribution is 2.36. The van der Waals surface area contributed by atoms with Gasteiger partial charge in [0.05, 0.1) is 5.56 Å². The summed E-state index contributed by atoms with van der Waals surface area (Å²) >= 11 is 5.89. The molecule has 1 atom stereocenters. The summed E-state index contributed by atoms with van der Waals surface area (Å²) in [6.45, 7) is 1.79. The molecule has 2 aromatic rings. The SMILES string of the molecule is CC(Nc1ccccc1C(F)(F)F)c1cccc(Cl)c1. The van der Waals surface area contributed by atoms with Crippen LogP contribution >= 0.6 is 11.6 Å². The number of hydrogen-bond donors (Lipinski definition) is 1. The van der Waals surface area contributed by atoms with E-state index < -0.39 is 11.7 Å². The highest BCUT2D eigenvalue weighted by Gasteiger charge is 2.33. The third-order valence-corrected chi connectivity index (χ3v) is 3.19. The fourth-order valence-corrected chi connectivity index (χ4v) is 2.15. The van der Waals surface area contributed by atoms with Gasteiger partial charge >= 0.3 is 6.18 Å². The third-order valence-electron chi connectivity index (χ3n) is 2.95. The lowest BCUT2D eigenvalue weighted by atomic mass is 10.1. The van der Waals surface area contributed by atoms with Gasteiger partial charge in [0.25, 0.3) is 0 Å². The zero-order valence-corrected chi connectivity index (χ0v) is 11.5. The number of alkyl halides is 3. The monoisotopic (exact) mass is 299 g/mol. The number of benzene rings is 2. The van der Waals surface area contributed by atoms with Crippen molar-refractivity contribution in [2.45, 2.75) is 19.1 Å². The number of halogens is 4. The highest BCUT2D eigenvalue weighted by atomic mass is 35.5. The van der Waals surface area contributed by atoms with Crippen LogP contribution in [0, 0.1) is 0 Å². The molecule has 0 radical (unpaired) electrons. The van der Waals surface area contributed by atoms with Crippen molar-refractivity contribution in [2.75, 3.05) is 5.32 Å². The van der Waals surface area contributed by atoms with Gasteiger partial charge in [-0.05, 0) is 36.8 Å². The summed E-state index contributed by atoms with van der Waals surface area (Å²) < 4.78 is 38.7. The van der Waals surface area contributed by atoms with E-state index >= 15 is 0 Å². The summed E-state index contributed by atoms with van der Waals surface area (Å²) in [5.41, 5.74) is 0.218. The minimum atomic E-state index is -4.38. The van der Waals surface area contributed by atoms with E-state index in [1.165, 1.54) is 12.1 Å². The zero-order chi connectivity index (χ0) is 14.8. The topological polar surface area (TPSA) is 12.0 Å². The Morgan fingerprint density at radius 1 is 1.05 bits per heavy atom. The normalized spacial score (nSPS) is 13.1. The molecule has 0 aromatic heterocycles. The van der Waals surface area contributed by atoms with Crippen molar-refractivity contribution in [1.29, 1.82) is 0 Å². The fourth-order valence-electron chi connectivity index (χ4n) is 1.95. The molecule has 0 aliphatic rings. The Hall–Kier alpha value is -1.68. The van der Waals surface area contributed by atoms with Crippen molar-refractivity contribution >= 4 is 17.3 Å². The molecule has 20 heavy (non-hydrogen) atoms. The summed E-state index contributed by atoms with van der Waals surface area (Å²) in [6.07, 6.45) is -4.38. The van der Waals surface area contributed by atoms with E-state index in [1.807, 2.05) is 6.07 Å². The summed E-state index contributed by atoms with van der Waals surface area (Å²) in [5, 5.41) is 3.44. The molecule has 1 N–H and O–H groups in total. The fraction of sp³-hybridized carbons (Fsp3) is 0.200. The van der Waals surface area contributed by atoms with Crippen LogP contribution in [0.2, 0.25) is 5.02 Å². The van der Waals surface area contributed by atoms with Crippen molar-refractivity contribution in [3.8, 4) is 0 Å². The van der Waals surface area contributed by atoms with Crippen LogP contribution in [0.25, 0.3) is 0 Å². The van der Waals surface area contributed by atoms with Crippen molar-refractivity contribution in [2.24, 2.45) is 0 Å². The second-order valence-corrected chi connectivity index (χ2v) is 4.90. The van der Waals surface area contributed by atoms with Crippen LogP contribution in [-0.2, 0) is 6.18 Å². The summed E-state index contributed by atoms with van der Waals surface area (Å²) in [5.74, 6) is 0. The Bertz CT molecular complexity index is 596. The van der Waals surface area contributed by atoms with Crippen LogP contribution in [0.15, 0.2) is 48.5 Å². The van der Waals surface area contributed by atoms with Crippen molar-refractivity contribution in [3.05, 3.63) is 64.7 Å². The van der Waals surface area contributed by atoms with E-state index in [9.17, 15) is 13.2 Å². The molecule has 0 aliphatic heterocycles. The predicted molar refractivity (Wildman–Crippen MR) is 74.9 cm³/mol. The lowest BCUT2D eigenvalue weighted by molar-refractivity contribution is -0.137. The second kappa shape index (κ2) is 5.75. The number of hydrogen-bond acceptors (Lipinski definition) is 1. The smallest absolute Gasteiger partial charge is 0.378 e. The quantitative estimate of drug-likeness (QED) is 0.785. The molecule has 0 amide bonds. The Balaban J connectivity index is 2.26. The van der Waals surface area contributed by atoms with Gasteiger partial charge in [-0.2, -0.15) is 13.2 Å². The zero-order valence-electron chi connectivity index (χ0n) is 10.7. The van der Waals surface area contributed by atoms with Crippen LogP contribution < -0.4 is 5.32 Å². The number of rotatable bonds is 3. The molecule has 0 spiro atoms. The second-order valence-electron chi connectivity index (χ2n) is 4.46. The van der Waals surface area contributed by atoms with E-state index in [0.717, 1.165) is 11.6 Å². The third kappa shape index (κ3) is 3.45. The van der Waals surface area contributed by atoms with Gasteiger partial charge in [0.15, 0.2) is 0 Å². The van der Waals surface area contributed by atoms with Crippen LogP contribution in [-0.4, -0.2) is 0 Å². The van der Waals surface area contributed by atoms with Crippen LogP contribution in [0.3, 0.4) is 0 Å². The maximum absolute atomic E-state index is 12.9. The highest BCUT2D eigenvalue weighted by molar-refractivity contribution is 6.30. The van der Waals surface area contributed by atoms with Crippen molar-refractivity contribution in [1.82, 2.24) is 0 Å². The Kier molecular flexibility index (Phi) is 4.23. The molecule has 0 saturated heterocycles. The molecule has 1 unspecified atom stereocenters. The molecule has 0 bridgehead atoms. The molecule has 106 valence electrons. The first kappa shape index (κ1) is 14.7. The van der Waals surface area contributed by atoms with Gasteiger partial charge < -0.3 is 5.32 Å². The van der Waals surface area contributed by atoms with Gasteiger partial charge in [-0.25, -0.2) is 0 Å². The van der Waals surface area contributed by atoms with Gasteiger partial charge in [-0.1, -0.05) is 35.9 Å². The molecule has 5 heteroatoms. The summed E-state index contributed by atoms with van der Waals surface area (Å²) in [6, 6.07) is 12.2. The summed E-state index contributed by atoms with van der Waals surface area (Å²) in [4.78, 5) is 0. The standard InChI is InChI=1S/C15H13ClF3N/c1-10(11-5-4-6-12(16)9-11)20-14-8-3-2-7-13(14)15(17,18)19/h2-10,20H,1H3. The van der Waals surface area contributed by atoms with E-state index in [2.05, 4.69) is 5.32 Å². The first-order chi connectivity index (χ1) is 9.38. The molecule has 1 nitrogen and oxygen atoms in total. The first-order valence-corrected chi connectivity index (χ1v) is 6.44. The number of para-hydroxylation sites is 1. The largest absolute Gasteiger partial charge is 0.418 e. The molecular formula is C15H13ClF3N.